The van der Waals surface area contributed by atoms with E-state index >= 15 is 0 Å². The molecule has 1 fully saturated rings. The number of aromatic nitrogens is 2. The molecule has 108 valence electrons. The Hall–Kier alpha value is -1.60. The van der Waals surface area contributed by atoms with E-state index in [1.54, 1.807) is 0 Å². The molecule has 1 aliphatic heterocycles. The molecule has 6 nitrogen and oxygen atoms in total. The number of fused-ring (bicyclic) bond motifs is 1. The normalized spacial score (nSPS) is 17.4. The van der Waals surface area contributed by atoms with Crippen molar-refractivity contribution in [1.29, 1.82) is 0 Å². The number of hydrogen-bond acceptors (Lipinski definition) is 3. The lowest BCUT2D eigenvalue weighted by Gasteiger charge is -2.25. The highest BCUT2D eigenvalue weighted by atomic mass is 32.2. The summed E-state index contributed by atoms with van der Waals surface area (Å²) >= 11 is 0. The van der Waals surface area contributed by atoms with Gasteiger partial charge in [0.15, 0.2) is 0 Å². The lowest BCUT2D eigenvalue weighted by Crippen LogP contribution is -2.39. The molecule has 3 rings (SSSR count). The number of anilines is 1. The number of benzene rings is 1. The van der Waals surface area contributed by atoms with Gasteiger partial charge in [-0.3, -0.25) is 0 Å². The van der Waals surface area contributed by atoms with E-state index in [4.69, 9.17) is 0 Å². The highest BCUT2D eigenvalue weighted by molar-refractivity contribution is 7.90. The van der Waals surface area contributed by atoms with Gasteiger partial charge in [-0.15, -0.1) is 0 Å². The van der Waals surface area contributed by atoms with Crippen LogP contribution in [-0.2, 0) is 10.2 Å². The van der Waals surface area contributed by atoms with Crippen LogP contribution in [0, 0.1) is 6.92 Å². The number of imidazole rings is 1. The summed E-state index contributed by atoms with van der Waals surface area (Å²) in [5.74, 6) is 0.274. The first-order chi connectivity index (χ1) is 9.54. The lowest BCUT2D eigenvalue weighted by atomic mass is 10.2. The van der Waals surface area contributed by atoms with Crippen LogP contribution in [0.4, 0.5) is 5.95 Å². The third kappa shape index (κ3) is 2.64. The summed E-state index contributed by atoms with van der Waals surface area (Å²) < 4.78 is 28.5. The van der Waals surface area contributed by atoms with E-state index in [1.807, 2.05) is 25.1 Å². The fourth-order valence-corrected chi connectivity index (χ4v) is 3.67. The summed E-state index contributed by atoms with van der Waals surface area (Å²) in [6.45, 7) is 3.14. The van der Waals surface area contributed by atoms with Crippen LogP contribution < -0.4 is 4.72 Å². The van der Waals surface area contributed by atoms with Gasteiger partial charge in [0.05, 0.1) is 11.0 Å². The molecule has 2 N–H and O–H groups in total. The molecule has 0 atom stereocenters. The van der Waals surface area contributed by atoms with Crippen LogP contribution in [0.2, 0.25) is 0 Å². The summed E-state index contributed by atoms with van der Waals surface area (Å²) in [6.07, 6.45) is 2.93. The second-order valence-electron chi connectivity index (χ2n) is 5.17. The number of nitrogens with one attached hydrogen (secondary N) is 2. The lowest BCUT2D eigenvalue weighted by molar-refractivity contribution is 0.349. The van der Waals surface area contributed by atoms with Crippen molar-refractivity contribution in [3.63, 3.8) is 0 Å². The zero-order chi connectivity index (χ0) is 14.2. The topological polar surface area (TPSA) is 78.1 Å². The van der Waals surface area contributed by atoms with Crippen molar-refractivity contribution in [2.45, 2.75) is 26.2 Å². The summed E-state index contributed by atoms with van der Waals surface area (Å²) in [5.41, 5.74) is 2.69. The van der Waals surface area contributed by atoms with Crippen LogP contribution in [0.5, 0.6) is 0 Å². The average molecular weight is 294 g/mol. The first-order valence-corrected chi connectivity index (χ1v) is 8.23. The standard InChI is InChI=1S/C13H18N4O2S/c1-10-5-6-11-12(9-10)15-13(14-11)16-20(18,19)17-7-3-2-4-8-17/h5-6,9H,2-4,7-8H2,1H3,(H2,14,15,16). The van der Waals surface area contributed by atoms with Crippen LogP contribution >= 0.6 is 0 Å². The van der Waals surface area contributed by atoms with Gasteiger partial charge in [0, 0.05) is 13.1 Å². The number of rotatable bonds is 3. The third-order valence-corrected chi connectivity index (χ3v) is 5.01. The van der Waals surface area contributed by atoms with E-state index in [-0.39, 0.29) is 5.95 Å². The van der Waals surface area contributed by atoms with Crippen molar-refractivity contribution < 1.29 is 8.42 Å². The van der Waals surface area contributed by atoms with Crippen LogP contribution in [-0.4, -0.2) is 35.8 Å². The number of hydrogen-bond donors (Lipinski definition) is 2. The molecule has 2 aromatic rings. The zero-order valence-electron chi connectivity index (χ0n) is 11.4. The molecular formula is C13H18N4O2S. The number of nitrogens with zero attached hydrogens (tertiary/aromatic N) is 2. The van der Waals surface area contributed by atoms with Crippen LogP contribution in [0.3, 0.4) is 0 Å². The molecule has 0 unspecified atom stereocenters. The average Bonchev–Trinajstić information content (AvgIpc) is 2.80. The minimum atomic E-state index is -3.50. The van der Waals surface area contributed by atoms with Crippen LogP contribution in [0.25, 0.3) is 11.0 Å². The molecule has 0 amide bonds. The predicted molar refractivity (Wildman–Crippen MR) is 78.8 cm³/mol. The number of aromatic amines is 1. The summed E-state index contributed by atoms with van der Waals surface area (Å²) in [4.78, 5) is 7.26. The summed E-state index contributed by atoms with van der Waals surface area (Å²) in [5, 5.41) is 0. The number of aryl methyl sites for hydroxylation is 1. The van der Waals surface area contributed by atoms with Gasteiger partial charge in [-0.2, -0.15) is 12.7 Å². The molecule has 0 spiro atoms. The Balaban J connectivity index is 1.84. The maximum atomic E-state index is 12.3. The molecule has 1 saturated heterocycles. The van der Waals surface area contributed by atoms with E-state index in [0.717, 1.165) is 35.9 Å². The van der Waals surface area contributed by atoms with Gasteiger partial charge in [-0.05, 0) is 37.5 Å². The molecule has 0 aliphatic carbocycles. The largest absolute Gasteiger partial charge is 0.323 e. The Bertz CT molecular complexity index is 717. The Morgan fingerprint density at radius 3 is 2.75 bits per heavy atom. The van der Waals surface area contributed by atoms with Gasteiger partial charge >= 0.3 is 10.2 Å². The van der Waals surface area contributed by atoms with Crippen molar-refractivity contribution >= 4 is 27.2 Å². The predicted octanol–water partition coefficient (Wildman–Crippen LogP) is 2.01. The highest BCUT2D eigenvalue weighted by Gasteiger charge is 2.24. The molecule has 20 heavy (non-hydrogen) atoms. The molecule has 7 heteroatoms. The SMILES string of the molecule is Cc1ccc2nc(NS(=O)(=O)N3CCCCC3)[nH]c2c1. The monoisotopic (exact) mass is 294 g/mol. The molecule has 0 bridgehead atoms. The zero-order valence-corrected chi connectivity index (χ0v) is 12.2. The first-order valence-electron chi connectivity index (χ1n) is 6.79. The quantitative estimate of drug-likeness (QED) is 0.909. The van der Waals surface area contributed by atoms with E-state index in [9.17, 15) is 8.42 Å². The molecule has 0 radical (unpaired) electrons. The van der Waals surface area contributed by atoms with Gasteiger partial charge < -0.3 is 4.98 Å². The van der Waals surface area contributed by atoms with Crippen LogP contribution in [0.15, 0.2) is 18.2 Å². The third-order valence-electron chi connectivity index (χ3n) is 3.52. The maximum absolute atomic E-state index is 12.3. The number of piperidine rings is 1. The van der Waals surface area contributed by atoms with Gasteiger partial charge in [-0.1, -0.05) is 12.5 Å². The second-order valence-corrected chi connectivity index (χ2v) is 6.84. The Kier molecular flexibility index (Phi) is 3.39. The minimum absolute atomic E-state index is 0.274. The molecule has 0 saturated carbocycles. The van der Waals surface area contributed by atoms with Crippen molar-refractivity contribution in [3.05, 3.63) is 23.8 Å². The highest BCUT2D eigenvalue weighted by Crippen LogP contribution is 2.18. The molecule has 1 aromatic carbocycles. The maximum Gasteiger partial charge on any atom is 0.303 e. The Morgan fingerprint density at radius 2 is 2.00 bits per heavy atom. The van der Waals surface area contributed by atoms with Gasteiger partial charge in [0.2, 0.25) is 5.95 Å². The minimum Gasteiger partial charge on any atom is -0.323 e. The van der Waals surface area contributed by atoms with Crippen molar-refractivity contribution in [1.82, 2.24) is 14.3 Å². The molecule has 1 aromatic heterocycles. The van der Waals surface area contributed by atoms with E-state index in [0.29, 0.717) is 13.1 Å². The Labute approximate surface area is 118 Å². The summed E-state index contributed by atoms with van der Waals surface area (Å²) in [7, 11) is -3.50. The van der Waals surface area contributed by atoms with Crippen molar-refractivity contribution in [2.75, 3.05) is 17.8 Å². The van der Waals surface area contributed by atoms with Gasteiger partial charge in [0.1, 0.15) is 0 Å². The second kappa shape index (κ2) is 5.06. The van der Waals surface area contributed by atoms with Crippen molar-refractivity contribution in [2.24, 2.45) is 0 Å². The summed E-state index contributed by atoms with van der Waals surface area (Å²) in [6, 6.07) is 5.77. The molecular weight excluding hydrogens is 276 g/mol. The van der Waals surface area contributed by atoms with Gasteiger partial charge in [-0.25, -0.2) is 9.71 Å². The van der Waals surface area contributed by atoms with E-state index in [1.165, 1.54) is 4.31 Å². The fraction of sp³-hybridized carbons (Fsp3) is 0.462. The molecule has 1 aliphatic rings. The smallest absolute Gasteiger partial charge is 0.303 e. The Morgan fingerprint density at radius 1 is 1.25 bits per heavy atom. The van der Waals surface area contributed by atoms with E-state index in [2.05, 4.69) is 14.7 Å². The van der Waals surface area contributed by atoms with E-state index < -0.39 is 10.2 Å². The van der Waals surface area contributed by atoms with Crippen molar-refractivity contribution in [3.8, 4) is 0 Å². The fourth-order valence-electron chi connectivity index (χ4n) is 2.46. The molecule has 2 heterocycles. The van der Waals surface area contributed by atoms with Gasteiger partial charge in [0.25, 0.3) is 0 Å². The van der Waals surface area contributed by atoms with Crippen LogP contribution in [0.1, 0.15) is 24.8 Å². The first kappa shape index (κ1) is 13.4. The number of H-pyrrole nitrogens is 1.